The highest BCUT2D eigenvalue weighted by atomic mass is 32.1. The molecule has 1 fully saturated rings. The molecule has 2 heterocycles. The average molecular weight is 520 g/mol. The molecule has 0 radical (unpaired) electrons. The second-order valence-corrected chi connectivity index (χ2v) is 10.5. The molecule has 1 atom stereocenters. The molecular formula is C29H33N3O4S. The van der Waals surface area contributed by atoms with E-state index in [4.69, 9.17) is 9.47 Å². The van der Waals surface area contributed by atoms with Gasteiger partial charge in [-0.25, -0.2) is 4.98 Å². The Hall–Kier alpha value is -3.23. The summed E-state index contributed by atoms with van der Waals surface area (Å²) < 4.78 is 11.1. The summed E-state index contributed by atoms with van der Waals surface area (Å²) in [6.07, 6.45) is 5.11. The molecule has 2 aliphatic rings. The van der Waals surface area contributed by atoms with E-state index in [1.165, 1.54) is 16.9 Å². The maximum absolute atomic E-state index is 13.6. The highest BCUT2D eigenvalue weighted by Gasteiger charge is 2.36. The Morgan fingerprint density at radius 3 is 2.73 bits per heavy atom. The lowest BCUT2D eigenvalue weighted by atomic mass is 9.87. The molecule has 194 valence electrons. The van der Waals surface area contributed by atoms with E-state index in [-0.39, 0.29) is 30.4 Å². The van der Waals surface area contributed by atoms with Gasteiger partial charge in [-0.15, -0.1) is 11.3 Å². The average Bonchev–Trinajstić information content (AvgIpc) is 3.64. The number of thiazole rings is 1. The third-order valence-corrected chi connectivity index (χ3v) is 8.01. The minimum absolute atomic E-state index is 0.121. The second-order valence-electron chi connectivity index (χ2n) is 9.60. The van der Waals surface area contributed by atoms with Crippen LogP contribution >= 0.6 is 11.3 Å². The second kappa shape index (κ2) is 11.9. The van der Waals surface area contributed by atoms with Crippen molar-refractivity contribution in [2.45, 2.75) is 44.8 Å². The quantitative estimate of drug-likeness (QED) is 0.412. The molecule has 2 aromatic carbocycles. The fourth-order valence-electron chi connectivity index (χ4n) is 5.31. The van der Waals surface area contributed by atoms with Crippen molar-refractivity contribution < 1.29 is 19.1 Å². The van der Waals surface area contributed by atoms with Gasteiger partial charge in [-0.2, -0.15) is 0 Å². The Balaban J connectivity index is 1.34. The predicted molar refractivity (Wildman–Crippen MR) is 143 cm³/mol. The Labute approximate surface area is 221 Å². The molecule has 1 aromatic heterocycles. The molecule has 37 heavy (non-hydrogen) atoms. The summed E-state index contributed by atoms with van der Waals surface area (Å²) in [5.41, 5.74) is 3.88. The number of hydrogen-bond acceptors (Lipinski definition) is 6. The van der Waals surface area contributed by atoms with E-state index < -0.39 is 0 Å². The van der Waals surface area contributed by atoms with Crippen LogP contribution in [-0.2, 0) is 22.6 Å². The van der Waals surface area contributed by atoms with Gasteiger partial charge >= 0.3 is 0 Å². The normalized spacial score (nSPS) is 17.4. The Morgan fingerprint density at radius 1 is 1.14 bits per heavy atom. The van der Waals surface area contributed by atoms with E-state index in [0.29, 0.717) is 18.8 Å². The Morgan fingerprint density at radius 2 is 1.95 bits per heavy atom. The molecule has 0 saturated heterocycles. The van der Waals surface area contributed by atoms with E-state index in [2.05, 4.69) is 39.5 Å². The molecule has 1 aliphatic carbocycles. The van der Waals surface area contributed by atoms with Crippen molar-refractivity contribution in [1.82, 2.24) is 15.2 Å². The molecule has 0 spiro atoms. The summed E-state index contributed by atoms with van der Waals surface area (Å²) in [7, 11) is 1.60. The van der Waals surface area contributed by atoms with Crippen LogP contribution in [0.2, 0.25) is 0 Å². The number of rotatable bonds is 9. The van der Waals surface area contributed by atoms with Gasteiger partial charge in [-0.1, -0.05) is 49.2 Å². The van der Waals surface area contributed by atoms with Crippen LogP contribution in [0.1, 0.15) is 63.9 Å². The first kappa shape index (κ1) is 25.4. The van der Waals surface area contributed by atoms with Crippen LogP contribution in [0.25, 0.3) is 0 Å². The van der Waals surface area contributed by atoms with Crippen molar-refractivity contribution in [1.29, 1.82) is 0 Å². The van der Waals surface area contributed by atoms with E-state index in [1.807, 2.05) is 24.3 Å². The fraction of sp³-hybridized carbons (Fsp3) is 0.414. The number of nitrogens with zero attached hydrogens (tertiary/aromatic N) is 2. The van der Waals surface area contributed by atoms with Gasteiger partial charge in [0.05, 0.1) is 12.6 Å². The van der Waals surface area contributed by atoms with Crippen LogP contribution in [-0.4, -0.2) is 48.5 Å². The van der Waals surface area contributed by atoms with E-state index >= 15 is 0 Å². The molecule has 5 rings (SSSR count). The number of amides is 2. The number of hydrogen-bond donors (Lipinski definition) is 1. The lowest BCUT2D eigenvalue weighted by Gasteiger charge is -2.39. The highest BCUT2D eigenvalue weighted by Crippen LogP contribution is 2.39. The standard InChI is InChI=1S/C29H33N3O4S/c1-35-16-14-30-28(33)25-19-37-26(31-25)18-36-23-12-11-20-13-15-32(29(34)22-9-5-6-10-22)27(24(20)17-23)21-7-3-2-4-8-21/h2-4,7-8,11-12,17,19,22,27H,5-6,9-10,13-16,18H2,1H3,(H,30,33). The van der Waals surface area contributed by atoms with Crippen LogP contribution in [0, 0.1) is 5.92 Å². The zero-order valence-electron chi connectivity index (χ0n) is 21.2. The zero-order chi connectivity index (χ0) is 25.6. The van der Waals surface area contributed by atoms with Crippen LogP contribution in [0.15, 0.2) is 53.9 Å². The number of carbonyl (C=O) groups excluding carboxylic acids is 2. The summed E-state index contributed by atoms with van der Waals surface area (Å²) in [4.78, 5) is 32.3. The van der Waals surface area contributed by atoms with Crippen molar-refractivity contribution in [3.8, 4) is 5.75 Å². The van der Waals surface area contributed by atoms with Crippen LogP contribution in [0.3, 0.4) is 0 Å². The highest BCUT2D eigenvalue weighted by molar-refractivity contribution is 7.09. The van der Waals surface area contributed by atoms with Gasteiger partial charge < -0.3 is 19.7 Å². The van der Waals surface area contributed by atoms with Crippen molar-refractivity contribution in [3.05, 3.63) is 81.3 Å². The van der Waals surface area contributed by atoms with Gasteiger partial charge in [0.1, 0.15) is 23.1 Å². The summed E-state index contributed by atoms with van der Waals surface area (Å²) in [5, 5.41) is 5.25. The summed E-state index contributed by atoms with van der Waals surface area (Å²) in [6, 6.07) is 16.4. The van der Waals surface area contributed by atoms with Crippen LogP contribution in [0.4, 0.5) is 0 Å². The number of fused-ring (bicyclic) bond motifs is 1. The van der Waals surface area contributed by atoms with Crippen molar-refractivity contribution in [2.75, 3.05) is 26.8 Å². The third-order valence-electron chi connectivity index (χ3n) is 7.19. The zero-order valence-corrected chi connectivity index (χ0v) is 22.0. The van der Waals surface area contributed by atoms with E-state index in [0.717, 1.165) is 60.5 Å². The lowest BCUT2D eigenvalue weighted by molar-refractivity contribution is -0.137. The minimum atomic E-state index is -0.217. The number of methoxy groups -OCH3 is 1. The van der Waals surface area contributed by atoms with Crippen LogP contribution in [0.5, 0.6) is 5.75 Å². The smallest absolute Gasteiger partial charge is 0.270 e. The van der Waals surface area contributed by atoms with Gasteiger partial charge in [0.15, 0.2) is 0 Å². The molecule has 1 aliphatic heterocycles. The Bertz CT molecular complexity index is 1220. The SMILES string of the molecule is COCCNC(=O)c1csc(COc2ccc3c(c2)C(c2ccccc2)N(C(=O)C2CCCC2)CC3)n1. The number of carbonyl (C=O) groups is 2. The van der Waals surface area contributed by atoms with Crippen LogP contribution < -0.4 is 10.1 Å². The molecule has 8 heteroatoms. The van der Waals surface area contributed by atoms with Gasteiger partial charge in [-0.3, -0.25) is 9.59 Å². The molecule has 1 saturated carbocycles. The number of benzene rings is 2. The summed E-state index contributed by atoms with van der Waals surface area (Å²) in [5.74, 6) is 0.933. The largest absolute Gasteiger partial charge is 0.486 e. The summed E-state index contributed by atoms with van der Waals surface area (Å²) >= 11 is 1.40. The molecule has 0 bridgehead atoms. The minimum Gasteiger partial charge on any atom is -0.486 e. The maximum atomic E-state index is 13.6. The van der Waals surface area contributed by atoms with Crippen molar-refractivity contribution >= 4 is 23.2 Å². The van der Waals surface area contributed by atoms with Crippen molar-refractivity contribution in [3.63, 3.8) is 0 Å². The predicted octanol–water partition coefficient (Wildman–Crippen LogP) is 4.76. The van der Waals surface area contributed by atoms with Crippen molar-refractivity contribution in [2.24, 2.45) is 5.92 Å². The lowest BCUT2D eigenvalue weighted by Crippen LogP contribution is -2.43. The fourth-order valence-corrected chi connectivity index (χ4v) is 5.99. The summed E-state index contributed by atoms with van der Waals surface area (Å²) in [6.45, 7) is 1.90. The Kier molecular flexibility index (Phi) is 8.16. The first-order chi connectivity index (χ1) is 18.1. The topological polar surface area (TPSA) is 80.8 Å². The number of aromatic nitrogens is 1. The number of ether oxygens (including phenoxy) is 2. The van der Waals surface area contributed by atoms with Gasteiger partial charge in [0, 0.05) is 31.5 Å². The first-order valence-corrected chi connectivity index (χ1v) is 13.8. The molecule has 2 amide bonds. The molecule has 7 nitrogen and oxygen atoms in total. The maximum Gasteiger partial charge on any atom is 0.270 e. The first-order valence-electron chi connectivity index (χ1n) is 13.0. The number of nitrogens with one attached hydrogen (secondary N) is 1. The van der Waals surface area contributed by atoms with Gasteiger partial charge in [0.25, 0.3) is 5.91 Å². The monoisotopic (exact) mass is 519 g/mol. The van der Waals surface area contributed by atoms with E-state index in [1.54, 1.807) is 12.5 Å². The molecule has 1 N–H and O–H groups in total. The van der Waals surface area contributed by atoms with E-state index in [9.17, 15) is 9.59 Å². The van der Waals surface area contributed by atoms with Gasteiger partial charge in [-0.05, 0) is 48.1 Å². The molecule has 3 aromatic rings. The molecule has 1 unspecified atom stereocenters. The molecular weight excluding hydrogens is 486 g/mol. The van der Waals surface area contributed by atoms with Gasteiger partial charge in [0.2, 0.25) is 5.91 Å². The third kappa shape index (κ3) is 5.86.